The number of nitrogens with one attached hydrogen (secondary N) is 1. The Hall–Kier alpha value is -0.600. The topological polar surface area (TPSA) is 24.9 Å². The Morgan fingerprint density at radius 2 is 2.36 bits per heavy atom. The van der Waals surface area contributed by atoms with E-state index in [4.69, 9.17) is 11.6 Å². The summed E-state index contributed by atoms with van der Waals surface area (Å²) in [5.41, 5.74) is 1.28. The zero-order valence-electron chi connectivity index (χ0n) is 7.91. The van der Waals surface area contributed by atoms with Crippen LogP contribution in [-0.2, 0) is 0 Å². The van der Waals surface area contributed by atoms with Crippen molar-refractivity contribution in [3.63, 3.8) is 0 Å². The first kappa shape index (κ1) is 8.69. The van der Waals surface area contributed by atoms with Crippen LogP contribution in [0.3, 0.4) is 0 Å². The van der Waals surface area contributed by atoms with Gasteiger partial charge in [-0.2, -0.15) is 0 Å². The van der Waals surface area contributed by atoms with Gasteiger partial charge in [0.1, 0.15) is 0 Å². The quantitative estimate of drug-likeness (QED) is 0.767. The molecular weight excluding hydrogens is 196 g/mol. The lowest BCUT2D eigenvalue weighted by Crippen LogP contribution is -2.21. The van der Waals surface area contributed by atoms with Crippen LogP contribution in [0.5, 0.6) is 0 Å². The van der Waals surface area contributed by atoms with Crippen molar-refractivity contribution in [2.24, 2.45) is 0 Å². The summed E-state index contributed by atoms with van der Waals surface area (Å²) >= 11 is 6.15. The fraction of sp³-hybridized carbons (Fsp3) is 0.545. The third-order valence-corrected chi connectivity index (χ3v) is 3.82. The fourth-order valence-corrected chi connectivity index (χ4v) is 3.11. The number of fused-ring (bicyclic) bond motifs is 2. The van der Waals surface area contributed by atoms with Gasteiger partial charge in [-0.05, 0) is 30.9 Å². The molecule has 2 nitrogen and oxygen atoms in total. The molecule has 2 saturated heterocycles. The summed E-state index contributed by atoms with van der Waals surface area (Å²) in [6.45, 7) is 0. The lowest BCUT2D eigenvalue weighted by atomic mass is 9.84. The van der Waals surface area contributed by atoms with Crippen LogP contribution in [0.1, 0.15) is 30.7 Å². The number of nitrogens with zero attached hydrogens (tertiary/aromatic N) is 1. The van der Waals surface area contributed by atoms with E-state index in [1.165, 1.54) is 24.8 Å². The van der Waals surface area contributed by atoms with Gasteiger partial charge in [-0.15, -0.1) is 0 Å². The first-order valence-corrected chi connectivity index (χ1v) is 5.58. The van der Waals surface area contributed by atoms with Crippen LogP contribution in [0.15, 0.2) is 18.5 Å². The minimum Gasteiger partial charge on any atom is -0.311 e. The molecule has 2 aliphatic rings. The van der Waals surface area contributed by atoms with Gasteiger partial charge < -0.3 is 5.32 Å². The van der Waals surface area contributed by atoms with Crippen molar-refractivity contribution >= 4 is 11.6 Å². The van der Waals surface area contributed by atoms with E-state index in [1.54, 1.807) is 6.20 Å². The number of hydrogen-bond donors (Lipinski definition) is 1. The number of hydrogen-bond acceptors (Lipinski definition) is 2. The van der Waals surface area contributed by atoms with Crippen molar-refractivity contribution in [2.75, 3.05) is 0 Å². The molecule has 3 unspecified atom stereocenters. The minimum absolute atomic E-state index is 0.615. The third-order valence-electron chi connectivity index (χ3n) is 3.50. The molecule has 2 aliphatic heterocycles. The van der Waals surface area contributed by atoms with Crippen molar-refractivity contribution in [3.8, 4) is 0 Å². The molecule has 2 bridgehead atoms. The molecule has 3 heterocycles. The van der Waals surface area contributed by atoms with Crippen molar-refractivity contribution in [2.45, 2.75) is 37.3 Å². The van der Waals surface area contributed by atoms with E-state index in [1.807, 2.05) is 6.20 Å². The second kappa shape index (κ2) is 3.21. The number of pyridine rings is 1. The molecule has 0 saturated carbocycles. The summed E-state index contributed by atoms with van der Waals surface area (Å²) in [5, 5.41) is 4.45. The second-order valence-corrected chi connectivity index (χ2v) is 4.69. The molecule has 1 N–H and O–H groups in total. The zero-order valence-corrected chi connectivity index (χ0v) is 8.67. The maximum atomic E-state index is 6.15. The van der Waals surface area contributed by atoms with Crippen LogP contribution >= 0.6 is 11.6 Å². The molecular formula is C11H13ClN2. The lowest BCUT2D eigenvalue weighted by molar-refractivity contribution is 0.506. The zero-order chi connectivity index (χ0) is 9.54. The van der Waals surface area contributed by atoms with Gasteiger partial charge in [0.15, 0.2) is 0 Å². The summed E-state index contributed by atoms with van der Waals surface area (Å²) in [4.78, 5) is 4.03. The smallest absolute Gasteiger partial charge is 0.0624 e. The minimum atomic E-state index is 0.615. The largest absolute Gasteiger partial charge is 0.311 e. The predicted molar refractivity (Wildman–Crippen MR) is 56.6 cm³/mol. The van der Waals surface area contributed by atoms with E-state index in [0.717, 1.165) is 11.1 Å². The molecule has 2 fully saturated rings. The monoisotopic (exact) mass is 208 g/mol. The Morgan fingerprint density at radius 1 is 1.43 bits per heavy atom. The van der Waals surface area contributed by atoms with Gasteiger partial charge in [-0.25, -0.2) is 0 Å². The molecule has 74 valence electrons. The maximum Gasteiger partial charge on any atom is 0.0624 e. The van der Waals surface area contributed by atoms with Gasteiger partial charge in [-0.3, -0.25) is 4.98 Å². The molecule has 0 radical (unpaired) electrons. The van der Waals surface area contributed by atoms with Crippen LogP contribution in [0.2, 0.25) is 5.02 Å². The van der Waals surface area contributed by atoms with Crippen molar-refractivity contribution < 1.29 is 0 Å². The van der Waals surface area contributed by atoms with Gasteiger partial charge in [0.25, 0.3) is 0 Å². The van der Waals surface area contributed by atoms with E-state index in [0.29, 0.717) is 12.0 Å². The molecule has 1 aromatic rings. The fourth-order valence-electron chi connectivity index (χ4n) is 2.85. The van der Waals surface area contributed by atoms with Gasteiger partial charge in [0.2, 0.25) is 0 Å². The number of halogens is 1. The molecule has 0 amide bonds. The highest BCUT2D eigenvalue weighted by atomic mass is 35.5. The molecule has 1 aromatic heterocycles. The highest BCUT2D eigenvalue weighted by molar-refractivity contribution is 6.31. The third kappa shape index (κ3) is 1.25. The molecule has 14 heavy (non-hydrogen) atoms. The molecule has 0 spiro atoms. The summed E-state index contributed by atoms with van der Waals surface area (Å²) < 4.78 is 0. The van der Waals surface area contributed by atoms with Crippen LogP contribution in [0.4, 0.5) is 0 Å². The standard InChI is InChI=1S/C11H13ClN2/c12-10-6-13-4-3-8(10)9-5-7-1-2-11(9)14-7/h3-4,6-7,9,11,14H,1-2,5H2. The Balaban J connectivity index is 1.93. The molecule has 3 heteroatoms. The van der Waals surface area contributed by atoms with E-state index in [-0.39, 0.29) is 0 Å². The number of rotatable bonds is 1. The van der Waals surface area contributed by atoms with Crippen molar-refractivity contribution in [1.29, 1.82) is 0 Å². The van der Waals surface area contributed by atoms with Crippen molar-refractivity contribution in [1.82, 2.24) is 10.3 Å². The van der Waals surface area contributed by atoms with E-state index >= 15 is 0 Å². The predicted octanol–water partition coefficient (Wildman–Crippen LogP) is 2.34. The van der Waals surface area contributed by atoms with Gasteiger partial charge in [0, 0.05) is 30.4 Å². The van der Waals surface area contributed by atoms with Gasteiger partial charge >= 0.3 is 0 Å². The lowest BCUT2D eigenvalue weighted by Gasteiger charge is -2.21. The Kier molecular flexibility index (Phi) is 1.99. The Morgan fingerprint density at radius 3 is 3.00 bits per heavy atom. The first-order chi connectivity index (χ1) is 6.84. The van der Waals surface area contributed by atoms with Crippen LogP contribution in [0.25, 0.3) is 0 Å². The van der Waals surface area contributed by atoms with Crippen molar-refractivity contribution in [3.05, 3.63) is 29.0 Å². The number of aromatic nitrogens is 1. The molecule has 0 aromatic carbocycles. The highest BCUT2D eigenvalue weighted by Crippen LogP contribution is 2.41. The Bertz CT molecular complexity index is 353. The summed E-state index contributed by atoms with van der Waals surface area (Å²) in [5.74, 6) is 0.615. The average molecular weight is 209 g/mol. The van der Waals surface area contributed by atoms with Gasteiger partial charge in [0.05, 0.1) is 5.02 Å². The summed E-state index contributed by atoms with van der Waals surface area (Å²) in [7, 11) is 0. The normalized spacial score (nSPS) is 35.1. The Labute approximate surface area is 88.7 Å². The van der Waals surface area contributed by atoms with E-state index in [2.05, 4.69) is 16.4 Å². The maximum absolute atomic E-state index is 6.15. The van der Waals surface area contributed by atoms with Crippen LogP contribution < -0.4 is 5.32 Å². The molecule has 3 atom stereocenters. The molecule has 3 rings (SSSR count). The van der Waals surface area contributed by atoms with Crippen LogP contribution in [0, 0.1) is 0 Å². The SMILES string of the molecule is Clc1cnccc1C1CC2CCC1N2. The second-order valence-electron chi connectivity index (χ2n) is 4.29. The van der Waals surface area contributed by atoms with E-state index in [9.17, 15) is 0 Å². The van der Waals surface area contributed by atoms with Gasteiger partial charge in [-0.1, -0.05) is 11.6 Å². The van der Waals surface area contributed by atoms with Crippen LogP contribution in [-0.4, -0.2) is 17.1 Å². The summed E-state index contributed by atoms with van der Waals surface area (Å²) in [6, 6.07) is 3.45. The average Bonchev–Trinajstić information content (AvgIpc) is 2.79. The first-order valence-electron chi connectivity index (χ1n) is 5.20. The summed E-state index contributed by atoms with van der Waals surface area (Å²) in [6.07, 6.45) is 7.47. The molecule has 0 aliphatic carbocycles. The van der Waals surface area contributed by atoms with E-state index < -0.39 is 0 Å². The highest BCUT2D eigenvalue weighted by Gasteiger charge is 2.40.